The van der Waals surface area contributed by atoms with Crippen molar-refractivity contribution in [2.24, 2.45) is 0 Å². The summed E-state index contributed by atoms with van der Waals surface area (Å²) < 4.78 is 6.88. The number of carbonyl (C=O) groups is 2. The molecule has 0 aliphatic rings. The van der Waals surface area contributed by atoms with Crippen molar-refractivity contribution in [3.05, 3.63) is 94.7 Å². The number of hydrogen-bond donors (Lipinski definition) is 1. The zero-order valence-corrected chi connectivity index (χ0v) is 18.9. The van der Waals surface area contributed by atoms with Gasteiger partial charge in [0.25, 0.3) is 11.7 Å². The van der Waals surface area contributed by atoms with E-state index in [0.29, 0.717) is 21.6 Å². The van der Waals surface area contributed by atoms with Crippen LogP contribution in [0.5, 0.6) is 0 Å². The van der Waals surface area contributed by atoms with Crippen LogP contribution in [0.2, 0.25) is 10.0 Å². The molecule has 1 heterocycles. The highest BCUT2D eigenvalue weighted by Crippen LogP contribution is 2.23. The minimum Gasteiger partial charge on any atom is -0.447 e. The first-order chi connectivity index (χ1) is 15.9. The number of anilines is 1. The zero-order valence-electron chi connectivity index (χ0n) is 17.4. The summed E-state index contributed by atoms with van der Waals surface area (Å²) >= 11 is 11.9. The topological polar surface area (TPSA) is 86.1 Å². The molecule has 1 N–H and O–H groups in total. The van der Waals surface area contributed by atoms with Gasteiger partial charge in [-0.05, 0) is 37.3 Å². The zero-order chi connectivity index (χ0) is 23.4. The molecular formula is C24H18Cl2N4O3. The Morgan fingerprint density at radius 3 is 2.18 bits per heavy atom. The van der Waals surface area contributed by atoms with Crippen LogP contribution < -0.4 is 5.32 Å². The SMILES string of the molecule is C[C@@H](OC(=O)c1nc(-c2ccccc2)n(-c2ccccc2)n1)C(=O)Nc1cc(Cl)cc(Cl)c1. The van der Waals surface area contributed by atoms with Gasteiger partial charge in [-0.15, -0.1) is 5.10 Å². The number of esters is 1. The van der Waals surface area contributed by atoms with Crippen LogP contribution in [0.1, 0.15) is 17.5 Å². The van der Waals surface area contributed by atoms with Crippen LogP contribution in [0.3, 0.4) is 0 Å². The number of nitrogens with zero attached hydrogens (tertiary/aromatic N) is 3. The molecule has 166 valence electrons. The summed E-state index contributed by atoms with van der Waals surface area (Å²) in [6, 6.07) is 23.3. The number of nitrogens with one attached hydrogen (secondary N) is 1. The summed E-state index contributed by atoms with van der Waals surface area (Å²) in [5.74, 6) is -1.07. The van der Waals surface area contributed by atoms with E-state index >= 15 is 0 Å². The number of para-hydroxylation sites is 1. The van der Waals surface area contributed by atoms with E-state index in [-0.39, 0.29) is 5.82 Å². The fraction of sp³-hybridized carbons (Fsp3) is 0.0833. The monoisotopic (exact) mass is 480 g/mol. The molecule has 0 bridgehead atoms. The Hall–Kier alpha value is -3.68. The molecule has 0 aliphatic carbocycles. The van der Waals surface area contributed by atoms with Crippen LogP contribution in [0.4, 0.5) is 5.69 Å². The van der Waals surface area contributed by atoms with Crippen molar-refractivity contribution in [2.45, 2.75) is 13.0 Å². The average molecular weight is 481 g/mol. The molecule has 1 amide bonds. The van der Waals surface area contributed by atoms with Crippen LogP contribution in [0.25, 0.3) is 17.1 Å². The standard InChI is InChI=1S/C24H18Cl2N4O3/c1-15(23(31)27-19-13-17(25)12-18(26)14-19)33-24(32)21-28-22(16-8-4-2-5-9-16)30(29-21)20-10-6-3-7-11-20/h2-15H,1H3,(H,27,31)/t15-/m1/s1. The molecule has 9 heteroatoms. The van der Waals surface area contributed by atoms with Gasteiger partial charge in [0.2, 0.25) is 0 Å². The van der Waals surface area contributed by atoms with E-state index in [0.717, 1.165) is 11.3 Å². The van der Waals surface area contributed by atoms with Crippen molar-refractivity contribution < 1.29 is 14.3 Å². The van der Waals surface area contributed by atoms with Crippen LogP contribution in [-0.4, -0.2) is 32.7 Å². The van der Waals surface area contributed by atoms with E-state index in [1.165, 1.54) is 19.1 Å². The average Bonchev–Trinajstić information content (AvgIpc) is 3.25. The van der Waals surface area contributed by atoms with Gasteiger partial charge in [-0.25, -0.2) is 14.5 Å². The molecule has 1 atom stereocenters. The molecule has 4 aromatic rings. The number of benzene rings is 3. The van der Waals surface area contributed by atoms with Crippen molar-refractivity contribution in [1.29, 1.82) is 0 Å². The molecule has 0 radical (unpaired) electrons. The highest BCUT2D eigenvalue weighted by Gasteiger charge is 2.24. The molecule has 3 aromatic carbocycles. The molecule has 0 saturated carbocycles. The van der Waals surface area contributed by atoms with Crippen molar-refractivity contribution in [3.8, 4) is 17.1 Å². The highest BCUT2D eigenvalue weighted by atomic mass is 35.5. The molecule has 33 heavy (non-hydrogen) atoms. The molecule has 4 rings (SSSR count). The Morgan fingerprint density at radius 1 is 0.939 bits per heavy atom. The van der Waals surface area contributed by atoms with Gasteiger partial charge in [0, 0.05) is 21.3 Å². The van der Waals surface area contributed by atoms with Crippen molar-refractivity contribution in [1.82, 2.24) is 14.8 Å². The summed E-state index contributed by atoms with van der Waals surface area (Å²) in [5, 5.41) is 7.69. The number of ether oxygens (including phenoxy) is 1. The first-order valence-corrected chi connectivity index (χ1v) is 10.7. The molecule has 0 aliphatic heterocycles. The Labute approximate surface area is 199 Å². The van der Waals surface area contributed by atoms with E-state index in [1.54, 1.807) is 10.7 Å². The van der Waals surface area contributed by atoms with Gasteiger partial charge >= 0.3 is 5.97 Å². The number of halogens is 2. The number of aromatic nitrogens is 3. The minimum absolute atomic E-state index is 0.164. The lowest BCUT2D eigenvalue weighted by atomic mass is 10.2. The third kappa shape index (κ3) is 5.39. The summed E-state index contributed by atoms with van der Waals surface area (Å²) in [6.45, 7) is 1.45. The number of amides is 1. The molecule has 1 aromatic heterocycles. The first-order valence-electron chi connectivity index (χ1n) is 9.96. The lowest BCUT2D eigenvalue weighted by Gasteiger charge is -2.13. The number of hydrogen-bond acceptors (Lipinski definition) is 5. The van der Waals surface area contributed by atoms with Gasteiger partial charge in [-0.2, -0.15) is 0 Å². The van der Waals surface area contributed by atoms with Gasteiger partial charge in [0.05, 0.1) is 5.69 Å². The second kappa shape index (κ2) is 9.85. The Kier molecular flexibility index (Phi) is 6.72. The smallest absolute Gasteiger partial charge is 0.379 e. The molecular weight excluding hydrogens is 463 g/mol. The van der Waals surface area contributed by atoms with Crippen molar-refractivity contribution in [2.75, 3.05) is 5.32 Å². The van der Waals surface area contributed by atoms with E-state index < -0.39 is 18.0 Å². The molecule has 0 unspecified atom stereocenters. The van der Waals surface area contributed by atoms with Crippen LogP contribution in [0.15, 0.2) is 78.9 Å². The lowest BCUT2D eigenvalue weighted by molar-refractivity contribution is -0.123. The highest BCUT2D eigenvalue weighted by molar-refractivity contribution is 6.35. The van der Waals surface area contributed by atoms with E-state index in [9.17, 15) is 9.59 Å². The summed E-state index contributed by atoms with van der Waals surface area (Å²) in [7, 11) is 0. The Balaban J connectivity index is 1.55. The van der Waals surface area contributed by atoms with Gasteiger partial charge < -0.3 is 10.1 Å². The minimum atomic E-state index is -1.11. The molecule has 7 nitrogen and oxygen atoms in total. The van der Waals surface area contributed by atoms with E-state index in [2.05, 4.69) is 15.4 Å². The maximum absolute atomic E-state index is 12.8. The fourth-order valence-electron chi connectivity index (χ4n) is 3.06. The predicted octanol–water partition coefficient (Wildman–Crippen LogP) is 5.43. The second-order valence-corrected chi connectivity index (χ2v) is 7.94. The summed E-state index contributed by atoms with van der Waals surface area (Å²) in [4.78, 5) is 29.6. The third-order valence-electron chi connectivity index (χ3n) is 4.61. The second-order valence-electron chi connectivity index (χ2n) is 7.07. The maximum Gasteiger partial charge on any atom is 0.379 e. The fourth-order valence-corrected chi connectivity index (χ4v) is 3.58. The first kappa shape index (κ1) is 22.5. The van der Waals surface area contributed by atoms with Crippen LogP contribution in [0, 0.1) is 0 Å². The Bertz CT molecular complexity index is 1220. The lowest BCUT2D eigenvalue weighted by Crippen LogP contribution is -2.30. The largest absolute Gasteiger partial charge is 0.447 e. The van der Waals surface area contributed by atoms with Crippen molar-refractivity contribution >= 4 is 40.8 Å². The third-order valence-corrected chi connectivity index (χ3v) is 5.04. The van der Waals surface area contributed by atoms with Gasteiger partial charge in [0.1, 0.15) is 0 Å². The molecule has 0 saturated heterocycles. The summed E-state index contributed by atoms with van der Waals surface area (Å²) in [5.41, 5.74) is 1.89. The Morgan fingerprint density at radius 2 is 1.55 bits per heavy atom. The molecule has 0 fully saturated rings. The quantitative estimate of drug-likeness (QED) is 0.372. The predicted molar refractivity (Wildman–Crippen MR) is 127 cm³/mol. The van der Waals surface area contributed by atoms with Gasteiger partial charge in [-0.3, -0.25) is 4.79 Å². The van der Waals surface area contributed by atoms with Crippen molar-refractivity contribution in [3.63, 3.8) is 0 Å². The van der Waals surface area contributed by atoms with E-state index in [4.69, 9.17) is 27.9 Å². The number of rotatable bonds is 6. The molecule has 0 spiro atoms. The summed E-state index contributed by atoms with van der Waals surface area (Å²) in [6.07, 6.45) is -1.11. The van der Waals surface area contributed by atoms with Crippen LogP contribution in [-0.2, 0) is 9.53 Å². The van der Waals surface area contributed by atoms with E-state index in [1.807, 2.05) is 60.7 Å². The van der Waals surface area contributed by atoms with Crippen LogP contribution >= 0.6 is 23.2 Å². The maximum atomic E-state index is 12.8. The van der Waals surface area contributed by atoms with Gasteiger partial charge in [0.15, 0.2) is 11.9 Å². The normalized spacial score (nSPS) is 11.6. The number of carbonyl (C=O) groups excluding carboxylic acids is 2. The van der Waals surface area contributed by atoms with Gasteiger partial charge in [-0.1, -0.05) is 71.7 Å².